The molecule has 0 heterocycles. The van der Waals surface area contributed by atoms with Gasteiger partial charge in [0.2, 0.25) is 8.41 Å². The van der Waals surface area contributed by atoms with Gasteiger partial charge < -0.3 is 19.4 Å². The molecule has 0 aliphatic rings. The molecular formula is C19H40FHfO3Si-. The number of aliphatic hydroxyl groups is 3. The summed E-state index contributed by atoms with van der Waals surface area (Å²) in [6.45, 7) is 14.6. The van der Waals surface area contributed by atoms with Crippen LogP contribution in [0.2, 0.25) is 13.1 Å². The van der Waals surface area contributed by atoms with Crippen LogP contribution in [0.3, 0.4) is 0 Å². The number of rotatable bonds is 4. The summed E-state index contributed by atoms with van der Waals surface area (Å²) < 4.78 is 13.1. The molecule has 0 radical (unpaired) electrons. The molecule has 25 heavy (non-hydrogen) atoms. The topological polar surface area (TPSA) is 60.7 Å². The van der Waals surface area contributed by atoms with E-state index in [0.29, 0.717) is 0 Å². The van der Waals surface area contributed by atoms with Gasteiger partial charge in [0.15, 0.2) is 0 Å². The molecular weight excluding hydrogens is 502 g/mol. The molecule has 1 aromatic rings. The fourth-order valence-corrected chi connectivity index (χ4v) is 1.76. The zero-order valence-corrected chi connectivity index (χ0v) is 22.0. The van der Waals surface area contributed by atoms with Crippen LogP contribution >= 0.6 is 0 Å². The molecule has 0 saturated heterocycles. The van der Waals surface area contributed by atoms with E-state index in [9.17, 15) is 4.11 Å². The summed E-state index contributed by atoms with van der Waals surface area (Å²) in [7, 11) is -2.48. The fourth-order valence-electron chi connectivity index (χ4n) is 0.770. The van der Waals surface area contributed by atoms with Gasteiger partial charge in [-0.1, -0.05) is 20.8 Å². The van der Waals surface area contributed by atoms with Gasteiger partial charge in [0, 0.05) is 25.8 Å². The zero-order valence-electron chi connectivity index (χ0n) is 17.4. The Hall–Kier alpha value is 0.247. The molecule has 1 rings (SSSR count). The Morgan fingerprint density at radius 3 is 1.08 bits per heavy atom. The van der Waals surface area contributed by atoms with Crippen LogP contribution in [0.15, 0.2) is 24.3 Å². The predicted octanol–water partition coefficient (Wildman–Crippen LogP) is 4.12. The third-order valence-electron chi connectivity index (χ3n) is 3.12. The molecule has 3 unspecified atom stereocenters. The van der Waals surface area contributed by atoms with Crippen molar-refractivity contribution in [3.05, 3.63) is 24.3 Å². The predicted molar refractivity (Wildman–Crippen MR) is 106 cm³/mol. The van der Waals surface area contributed by atoms with Crippen molar-refractivity contribution in [2.45, 2.75) is 92.2 Å². The second-order valence-corrected chi connectivity index (χ2v) is 9.94. The summed E-state index contributed by atoms with van der Waals surface area (Å²) in [5, 5.41) is 26.0. The first-order chi connectivity index (χ1) is 10.9. The van der Waals surface area contributed by atoms with E-state index in [0.717, 1.165) is 24.4 Å². The Balaban J connectivity index is -0.000000122. The maximum atomic E-state index is 13.1. The molecule has 0 aliphatic heterocycles. The first-order valence-corrected chi connectivity index (χ1v) is 11.7. The number of hydrogen-bond acceptors (Lipinski definition) is 3. The van der Waals surface area contributed by atoms with Crippen molar-refractivity contribution in [3.8, 4) is 0 Å². The maximum absolute atomic E-state index is 13.1. The summed E-state index contributed by atoms with van der Waals surface area (Å²) >= 11 is 0. The van der Waals surface area contributed by atoms with E-state index in [1.807, 2.05) is 45.0 Å². The molecule has 0 bridgehead atoms. The molecule has 0 saturated carbocycles. The van der Waals surface area contributed by atoms with Crippen LogP contribution in [0, 0.1) is 0 Å². The largest absolute Gasteiger partial charge is 0.393 e. The van der Waals surface area contributed by atoms with Gasteiger partial charge in [0.05, 0.1) is 18.3 Å². The Labute approximate surface area is 175 Å². The summed E-state index contributed by atoms with van der Waals surface area (Å²) in [5.74, 6) is 0. The van der Waals surface area contributed by atoms with Gasteiger partial charge >= 0.3 is 0 Å². The van der Waals surface area contributed by atoms with Crippen LogP contribution in [0.5, 0.6) is 0 Å². The third-order valence-corrected chi connectivity index (χ3v) is 4.83. The quantitative estimate of drug-likeness (QED) is 0.305. The average molecular weight is 542 g/mol. The van der Waals surface area contributed by atoms with Crippen molar-refractivity contribution >= 4 is 13.6 Å². The van der Waals surface area contributed by atoms with Gasteiger partial charge in [-0.05, 0) is 53.1 Å². The Bertz CT molecular complexity index is 318. The molecule has 3 nitrogen and oxygen atoms in total. The Morgan fingerprint density at radius 1 is 0.800 bits per heavy atom. The molecule has 0 fully saturated rings. The molecule has 0 aliphatic carbocycles. The van der Waals surface area contributed by atoms with Gasteiger partial charge in [-0.25, -0.2) is 12.1 Å². The van der Waals surface area contributed by atoms with Crippen LogP contribution in [-0.4, -0.2) is 42.0 Å². The Morgan fingerprint density at radius 2 is 1.00 bits per heavy atom. The standard InChI is InChI=1S/C7H10FSi.3C4H10O.Hf/c1-9(2,8)7-5-3-4-6-7;3*1-3-4(2)5;/h3-6H,1-2H3;3*4-5H,3H2,1-2H3;/q-1;;;;. The smallest absolute Gasteiger partial charge is 0.214 e. The van der Waals surface area contributed by atoms with Crippen molar-refractivity contribution < 1.29 is 45.3 Å². The maximum Gasteiger partial charge on any atom is 0.214 e. The van der Waals surface area contributed by atoms with Crippen molar-refractivity contribution in [1.82, 2.24) is 0 Å². The second-order valence-electron chi connectivity index (χ2n) is 6.42. The third kappa shape index (κ3) is 32.4. The van der Waals surface area contributed by atoms with Gasteiger partial charge in [0.1, 0.15) is 0 Å². The van der Waals surface area contributed by atoms with E-state index < -0.39 is 8.41 Å². The first kappa shape index (κ1) is 32.9. The van der Waals surface area contributed by atoms with Gasteiger partial charge in [-0.3, -0.25) is 0 Å². The van der Waals surface area contributed by atoms with E-state index in [-0.39, 0.29) is 44.2 Å². The summed E-state index contributed by atoms with van der Waals surface area (Å²) in [4.78, 5) is 0. The summed E-state index contributed by atoms with van der Waals surface area (Å²) in [5.41, 5.74) is 0. The molecule has 0 aromatic heterocycles. The molecule has 150 valence electrons. The SMILES string of the molecule is CCC(C)O.CCC(C)O.CCC(C)O.C[Si](C)(F)[c-]1cccc1.[Hf]. The normalized spacial score (nSPS) is 13.3. The Kier molecular flexibility index (Phi) is 27.0. The van der Waals surface area contributed by atoms with Crippen molar-refractivity contribution in [2.75, 3.05) is 0 Å². The minimum atomic E-state index is -2.48. The molecule has 0 spiro atoms. The van der Waals surface area contributed by atoms with Crippen LogP contribution in [0.25, 0.3) is 0 Å². The molecule has 3 atom stereocenters. The number of halogens is 1. The van der Waals surface area contributed by atoms with Crippen molar-refractivity contribution in [1.29, 1.82) is 0 Å². The van der Waals surface area contributed by atoms with E-state index in [1.165, 1.54) is 0 Å². The second kappa shape index (κ2) is 20.6. The van der Waals surface area contributed by atoms with Crippen molar-refractivity contribution in [3.63, 3.8) is 0 Å². The van der Waals surface area contributed by atoms with Crippen LogP contribution < -0.4 is 5.19 Å². The molecule has 6 heteroatoms. The summed E-state index contributed by atoms with van der Waals surface area (Å²) in [6, 6.07) is 7.46. The van der Waals surface area contributed by atoms with Crippen LogP contribution in [0.1, 0.15) is 60.8 Å². The first-order valence-electron chi connectivity index (χ1n) is 8.87. The van der Waals surface area contributed by atoms with E-state index in [1.54, 1.807) is 33.9 Å². The van der Waals surface area contributed by atoms with Gasteiger partial charge in [0.25, 0.3) is 0 Å². The zero-order chi connectivity index (χ0) is 19.8. The molecule has 1 aromatic carbocycles. The average Bonchev–Trinajstić information content (AvgIpc) is 3.03. The molecule has 0 amide bonds. The van der Waals surface area contributed by atoms with E-state index in [4.69, 9.17) is 15.3 Å². The van der Waals surface area contributed by atoms with Crippen LogP contribution in [0.4, 0.5) is 4.11 Å². The number of hydrogen-bond donors (Lipinski definition) is 3. The van der Waals surface area contributed by atoms with Gasteiger partial charge in [-0.2, -0.15) is 12.1 Å². The fraction of sp³-hybridized carbons (Fsp3) is 0.737. The van der Waals surface area contributed by atoms with E-state index >= 15 is 0 Å². The van der Waals surface area contributed by atoms with E-state index in [2.05, 4.69) is 0 Å². The molecule has 3 N–H and O–H groups in total. The summed E-state index contributed by atoms with van der Waals surface area (Å²) in [6.07, 6.45) is 2.24. The minimum Gasteiger partial charge on any atom is -0.393 e. The van der Waals surface area contributed by atoms with Crippen LogP contribution in [-0.2, 0) is 25.8 Å². The van der Waals surface area contributed by atoms with Gasteiger partial charge in [-0.15, -0.1) is 5.19 Å². The number of aliphatic hydroxyl groups excluding tert-OH is 3. The van der Waals surface area contributed by atoms with Crippen molar-refractivity contribution in [2.24, 2.45) is 0 Å². The monoisotopic (exact) mass is 543 g/mol. The minimum absolute atomic E-state index is 0.